The molecular formula is C16H17Cl2NO. The van der Waals surface area contributed by atoms with Crippen molar-refractivity contribution in [1.82, 2.24) is 5.32 Å². The molecule has 0 aromatic heterocycles. The predicted molar refractivity (Wildman–Crippen MR) is 85.2 cm³/mol. The summed E-state index contributed by atoms with van der Waals surface area (Å²) in [5.41, 5.74) is 3.05. The fourth-order valence-corrected chi connectivity index (χ4v) is 2.37. The van der Waals surface area contributed by atoms with E-state index in [-0.39, 0.29) is 0 Å². The lowest BCUT2D eigenvalue weighted by Gasteiger charge is -2.11. The number of hydrogen-bond acceptors (Lipinski definition) is 2. The maximum Gasteiger partial charge on any atom is 0.128 e. The lowest BCUT2D eigenvalue weighted by atomic mass is 10.1. The second-order valence-corrected chi connectivity index (χ2v) is 5.54. The normalized spacial score (nSPS) is 10.7. The maximum atomic E-state index is 6.22. The predicted octanol–water partition coefficient (Wildman–Crippen LogP) is 5.12. The number of ether oxygens (including phenoxy) is 1. The van der Waals surface area contributed by atoms with Gasteiger partial charge in [-0.25, -0.2) is 0 Å². The minimum atomic E-state index is 0.694. The van der Waals surface area contributed by atoms with Gasteiger partial charge in [-0.15, -0.1) is 0 Å². The van der Waals surface area contributed by atoms with Crippen molar-refractivity contribution in [3.8, 4) is 11.5 Å². The molecule has 106 valence electrons. The Labute approximate surface area is 129 Å². The van der Waals surface area contributed by atoms with Crippen LogP contribution in [0.4, 0.5) is 0 Å². The molecule has 0 amide bonds. The van der Waals surface area contributed by atoms with E-state index in [2.05, 4.69) is 5.32 Å². The Morgan fingerprint density at radius 3 is 2.20 bits per heavy atom. The zero-order valence-electron chi connectivity index (χ0n) is 11.8. The molecule has 20 heavy (non-hydrogen) atoms. The van der Waals surface area contributed by atoms with Crippen LogP contribution in [0.1, 0.15) is 16.7 Å². The summed E-state index contributed by atoms with van der Waals surface area (Å²) in [5.74, 6) is 1.48. The van der Waals surface area contributed by atoms with Gasteiger partial charge in [0.2, 0.25) is 0 Å². The van der Waals surface area contributed by atoms with Gasteiger partial charge in [0, 0.05) is 16.6 Å². The Balaban J connectivity index is 2.24. The molecule has 0 heterocycles. The van der Waals surface area contributed by atoms with E-state index in [1.165, 1.54) is 0 Å². The third kappa shape index (κ3) is 3.45. The van der Waals surface area contributed by atoms with Crippen molar-refractivity contribution in [2.24, 2.45) is 0 Å². The SMILES string of the molecule is CNCc1ccc(Oc2cc(C)c(Cl)c(C)c2)cc1Cl. The first-order valence-corrected chi connectivity index (χ1v) is 7.14. The Morgan fingerprint density at radius 1 is 1.00 bits per heavy atom. The van der Waals surface area contributed by atoms with Gasteiger partial charge >= 0.3 is 0 Å². The molecule has 2 aromatic carbocycles. The molecule has 0 atom stereocenters. The smallest absolute Gasteiger partial charge is 0.128 e. The highest BCUT2D eigenvalue weighted by molar-refractivity contribution is 6.32. The molecular weight excluding hydrogens is 293 g/mol. The Morgan fingerprint density at radius 2 is 1.65 bits per heavy atom. The van der Waals surface area contributed by atoms with Crippen LogP contribution in [0, 0.1) is 13.8 Å². The number of rotatable bonds is 4. The van der Waals surface area contributed by atoms with Gasteiger partial charge in [0.15, 0.2) is 0 Å². The Kier molecular flexibility index (Phi) is 4.92. The van der Waals surface area contributed by atoms with Crippen LogP contribution in [0.25, 0.3) is 0 Å². The van der Waals surface area contributed by atoms with Crippen LogP contribution in [-0.4, -0.2) is 7.05 Å². The van der Waals surface area contributed by atoms with Gasteiger partial charge in [0.1, 0.15) is 11.5 Å². The number of nitrogens with one attached hydrogen (secondary N) is 1. The molecule has 1 N–H and O–H groups in total. The summed E-state index contributed by atoms with van der Waals surface area (Å²) in [6.07, 6.45) is 0. The van der Waals surface area contributed by atoms with Crippen molar-refractivity contribution in [3.05, 3.63) is 57.1 Å². The number of hydrogen-bond donors (Lipinski definition) is 1. The molecule has 0 fully saturated rings. The zero-order chi connectivity index (χ0) is 14.7. The lowest BCUT2D eigenvalue weighted by Crippen LogP contribution is -2.05. The summed E-state index contributed by atoms with van der Waals surface area (Å²) >= 11 is 12.4. The van der Waals surface area contributed by atoms with Crippen molar-refractivity contribution in [2.75, 3.05) is 7.05 Å². The maximum absolute atomic E-state index is 6.22. The second kappa shape index (κ2) is 6.49. The van der Waals surface area contributed by atoms with E-state index in [0.717, 1.165) is 39.8 Å². The monoisotopic (exact) mass is 309 g/mol. The summed E-state index contributed by atoms with van der Waals surface area (Å²) in [5, 5.41) is 4.55. The molecule has 0 aliphatic heterocycles. The molecule has 0 aliphatic rings. The second-order valence-electron chi connectivity index (χ2n) is 4.76. The van der Waals surface area contributed by atoms with E-state index >= 15 is 0 Å². The van der Waals surface area contributed by atoms with Crippen LogP contribution in [-0.2, 0) is 6.54 Å². The molecule has 0 unspecified atom stereocenters. The lowest BCUT2D eigenvalue weighted by molar-refractivity contribution is 0.481. The standard InChI is InChI=1S/C16H17Cl2NO/c1-10-6-14(7-11(2)16(10)18)20-13-5-4-12(9-19-3)15(17)8-13/h4-8,19H,9H2,1-3H3. The van der Waals surface area contributed by atoms with Gasteiger partial charge < -0.3 is 10.1 Å². The van der Waals surface area contributed by atoms with Crippen LogP contribution < -0.4 is 10.1 Å². The fourth-order valence-electron chi connectivity index (χ4n) is 2.03. The summed E-state index contributed by atoms with van der Waals surface area (Å²) in [6, 6.07) is 9.55. The van der Waals surface area contributed by atoms with Crippen molar-refractivity contribution in [1.29, 1.82) is 0 Å². The Bertz CT molecular complexity index is 603. The van der Waals surface area contributed by atoms with Gasteiger partial charge in [-0.1, -0.05) is 29.3 Å². The summed E-state index contributed by atoms with van der Waals surface area (Å²) in [6.45, 7) is 4.66. The highest BCUT2D eigenvalue weighted by Gasteiger charge is 2.06. The molecule has 2 nitrogen and oxygen atoms in total. The van der Waals surface area contributed by atoms with Crippen molar-refractivity contribution < 1.29 is 4.74 Å². The van der Waals surface area contributed by atoms with Crippen molar-refractivity contribution in [3.63, 3.8) is 0 Å². The average molecular weight is 310 g/mol. The molecule has 2 aromatic rings. The van der Waals surface area contributed by atoms with E-state index < -0.39 is 0 Å². The number of aryl methyl sites for hydroxylation is 2. The minimum absolute atomic E-state index is 0.694. The average Bonchev–Trinajstić information content (AvgIpc) is 2.39. The quantitative estimate of drug-likeness (QED) is 0.846. The molecule has 2 rings (SSSR count). The first-order valence-electron chi connectivity index (χ1n) is 6.39. The number of halogens is 2. The highest BCUT2D eigenvalue weighted by Crippen LogP contribution is 2.31. The molecule has 0 bridgehead atoms. The zero-order valence-corrected chi connectivity index (χ0v) is 13.3. The van der Waals surface area contributed by atoms with E-state index in [4.69, 9.17) is 27.9 Å². The fraction of sp³-hybridized carbons (Fsp3) is 0.250. The third-order valence-electron chi connectivity index (χ3n) is 3.04. The summed E-state index contributed by atoms with van der Waals surface area (Å²) in [7, 11) is 1.89. The molecule has 0 saturated carbocycles. The van der Waals surface area contributed by atoms with Crippen molar-refractivity contribution in [2.45, 2.75) is 20.4 Å². The van der Waals surface area contributed by atoms with Crippen molar-refractivity contribution >= 4 is 23.2 Å². The van der Waals surface area contributed by atoms with Gasteiger partial charge in [-0.05, 0) is 61.9 Å². The first-order chi connectivity index (χ1) is 9.51. The van der Waals surface area contributed by atoms with E-state index in [0.29, 0.717) is 5.02 Å². The molecule has 0 spiro atoms. The molecule has 0 aliphatic carbocycles. The largest absolute Gasteiger partial charge is 0.457 e. The van der Waals surface area contributed by atoms with Gasteiger partial charge in [0.05, 0.1) is 0 Å². The van der Waals surface area contributed by atoms with Crippen LogP contribution in [0.15, 0.2) is 30.3 Å². The summed E-state index contributed by atoms with van der Waals surface area (Å²) in [4.78, 5) is 0. The van der Waals surface area contributed by atoms with E-state index in [1.807, 2.05) is 51.2 Å². The number of benzene rings is 2. The highest BCUT2D eigenvalue weighted by atomic mass is 35.5. The van der Waals surface area contributed by atoms with Crippen LogP contribution in [0.2, 0.25) is 10.0 Å². The van der Waals surface area contributed by atoms with Crippen LogP contribution in [0.3, 0.4) is 0 Å². The summed E-state index contributed by atoms with van der Waals surface area (Å²) < 4.78 is 5.85. The van der Waals surface area contributed by atoms with Gasteiger partial charge in [0.25, 0.3) is 0 Å². The van der Waals surface area contributed by atoms with Gasteiger partial charge in [-0.3, -0.25) is 0 Å². The van der Waals surface area contributed by atoms with Gasteiger partial charge in [-0.2, -0.15) is 0 Å². The third-order valence-corrected chi connectivity index (χ3v) is 3.99. The first kappa shape index (κ1) is 15.2. The van der Waals surface area contributed by atoms with E-state index in [9.17, 15) is 0 Å². The van der Waals surface area contributed by atoms with Crippen LogP contribution >= 0.6 is 23.2 Å². The topological polar surface area (TPSA) is 21.3 Å². The Hall–Kier alpha value is -1.22. The van der Waals surface area contributed by atoms with E-state index in [1.54, 1.807) is 0 Å². The minimum Gasteiger partial charge on any atom is -0.457 e. The molecule has 4 heteroatoms. The molecule has 0 saturated heterocycles. The molecule has 0 radical (unpaired) electrons. The van der Waals surface area contributed by atoms with Crippen LogP contribution in [0.5, 0.6) is 11.5 Å².